The fourth-order valence-electron chi connectivity index (χ4n) is 3.11. The minimum absolute atomic E-state index is 0.0636. The van der Waals surface area contributed by atoms with E-state index in [-0.39, 0.29) is 12.0 Å². The highest BCUT2D eigenvalue weighted by Crippen LogP contribution is 2.40. The second-order valence-electron chi connectivity index (χ2n) is 6.36. The van der Waals surface area contributed by atoms with Crippen LogP contribution in [0.2, 0.25) is 0 Å². The zero-order valence-corrected chi connectivity index (χ0v) is 12.8. The molecular formula is C17H20N2O2. The van der Waals surface area contributed by atoms with Gasteiger partial charge in [-0.2, -0.15) is 0 Å². The first kappa shape index (κ1) is 13.9. The number of benzene rings is 1. The third-order valence-electron chi connectivity index (χ3n) is 4.06. The summed E-state index contributed by atoms with van der Waals surface area (Å²) >= 11 is 0. The highest BCUT2D eigenvalue weighted by molar-refractivity contribution is 5.93. The summed E-state index contributed by atoms with van der Waals surface area (Å²) in [7, 11) is 0. The molecule has 4 nitrogen and oxygen atoms in total. The molecule has 2 aromatic rings. The average molecular weight is 284 g/mol. The van der Waals surface area contributed by atoms with Crippen molar-refractivity contribution in [3.05, 3.63) is 53.6 Å². The van der Waals surface area contributed by atoms with Gasteiger partial charge in [0.2, 0.25) is 0 Å². The van der Waals surface area contributed by atoms with Crippen LogP contribution in [0.15, 0.2) is 36.8 Å². The summed E-state index contributed by atoms with van der Waals surface area (Å²) in [6, 6.07) is 7.60. The van der Waals surface area contributed by atoms with Gasteiger partial charge < -0.3 is 9.30 Å². The summed E-state index contributed by atoms with van der Waals surface area (Å²) < 4.78 is 7.82. The molecular weight excluding hydrogens is 264 g/mol. The topological polar surface area (TPSA) is 44.1 Å². The first-order chi connectivity index (χ1) is 9.92. The summed E-state index contributed by atoms with van der Waals surface area (Å²) in [6.07, 6.45) is 3.72. The number of aromatic nitrogens is 2. The van der Waals surface area contributed by atoms with Gasteiger partial charge in [0.1, 0.15) is 5.60 Å². The molecule has 0 saturated carbocycles. The van der Waals surface area contributed by atoms with Crippen molar-refractivity contribution in [3.8, 4) is 0 Å². The Kier molecular flexibility index (Phi) is 3.12. The lowest BCUT2D eigenvalue weighted by Crippen LogP contribution is -2.44. The number of carbonyl (C=O) groups excluding carboxylic acids is 1. The molecule has 0 radical (unpaired) electrons. The molecule has 0 amide bonds. The minimum Gasteiger partial charge on any atom is -0.453 e. The first-order valence-corrected chi connectivity index (χ1v) is 7.26. The number of fused-ring (bicyclic) bond motifs is 1. The number of nitrogens with zero attached hydrogens (tertiary/aromatic N) is 2. The third kappa shape index (κ3) is 2.15. The summed E-state index contributed by atoms with van der Waals surface area (Å²) in [5, 5.41) is 0. The lowest BCUT2D eigenvalue weighted by atomic mass is 9.85. The summed E-state index contributed by atoms with van der Waals surface area (Å²) in [6.45, 7) is 8.19. The van der Waals surface area contributed by atoms with Crippen molar-refractivity contribution in [3.63, 3.8) is 0 Å². The molecule has 0 saturated heterocycles. The van der Waals surface area contributed by atoms with Gasteiger partial charge in [0.15, 0.2) is 0 Å². The number of imidazole rings is 1. The molecule has 3 rings (SSSR count). The van der Waals surface area contributed by atoms with E-state index in [2.05, 4.69) is 23.4 Å². The van der Waals surface area contributed by atoms with Crippen LogP contribution in [0.1, 0.15) is 61.3 Å². The molecule has 2 heterocycles. The fraction of sp³-hybridized carbons (Fsp3) is 0.412. The standard InChI is InChI=1S/C17H20N2O2/c1-11(2)14-9-18-10-19(14)15-12-7-5-6-8-13(12)16(20)21-17(15,3)4/h5-11,15H,1-4H3/t15-/m0/s1. The van der Waals surface area contributed by atoms with E-state index in [9.17, 15) is 4.79 Å². The van der Waals surface area contributed by atoms with E-state index in [1.807, 2.05) is 50.6 Å². The summed E-state index contributed by atoms with van der Waals surface area (Å²) in [4.78, 5) is 16.5. The number of carbonyl (C=O) groups is 1. The molecule has 1 aliphatic rings. The van der Waals surface area contributed by atoms with Crippen molar-refractivity contribution in [2.45, 2.75) is 45.3 Å². The molecule has 0 N–H and O–H groups in total. The second kappa shape index (κ2) is 4.72. The molecule has 0 fully saturated rings. The Morgan fingerprint density at radius 3 is 2.71 bits per heavy atom. The van der Waals surface area contributed by atoms with Crippen molar-refractivity contribution in [1.29, 1.82) is 0 Å². The maximum atomic E-state index is 12.2. The molecule has 4 heteroatoms. The molecule has 21 heavy (non-hydrogen) atoms. The number of hydrogen-bond donors (Lipinski definition) is 0. The van der Waals surface area contributed by atoms with Crippen LogP contribution in [0.3, 0.4) is 0 Å². The fourth-order valence-corrected chi connectivity index (χ4v) is 3.11. The van der Waals surface area contributed by atoms with Crippen LogP contribution in [0.5, 0.6) is 0 Å². The van der Waals surface area contributed by atoms with Gasteiger partial charge in [-0.3, -0.25) is 0 Å². The Balaban J connectivity index is 2.22. The molecule has 1 aromatic heterocycles. The average Bonchev–Trinajstić information content (AvgIpc) is 2.87. The lowest BCUT2D eigenvalue weighted by molar-refractivity contribution is -0.0266. The summed E-state index contributed by atoms with van der Waals surface area (Å²) in [5.74, 6) is 0.103. The van der Waals surface area contributed by atoms with E-state index in [0.29, 0.717) is 11.5 Å². The van der Waals surface area contributed by atoms with E-state index in [4.69, 9.17) is 4.74 Å². The summed E-state index contributed by atoms with van der Waals surface area (Å²) in [5.41, 5.74) is 2.17. The number of ether oxygens (including phenoxy) is 1. The van der Waals surface area contributed by atoms with E-state index in [1.54, 1.807) is 0 Å². The predicted molar refractivity (Wildman–Crippen MR) is 80.4 cm³/mol. The number of esters is 1. The maximum absolute atomic E-state index is 12.2. The second-order valence-corrected chi connectivity index (χ2v) is 6.36. The highest BCUT2D eigenvalue weighted by atomic mass is 16.6. The van der Waals surface area contributed by atoms with Crippen LogP contribution in [0.25, 0.3) is 0 Å². The molecule has 110 valence electrons. The van der Waals surface area contributed by atoms with E-state index < -0.39 is 5.60 Å². The highest BCUT2D eigenvalue weighted by Gasteiger charge is 2.43. The Hall–Kier alpha value is -2.10. The molecule has 0 unspecified atom stereocenters. The third-order valence-corrected chi connectivity index (χ3v) is 4.06. The van der Waals surface area contributed by atoms with Crippen LogP contribution in [0.4, 0.5) is 0 Å². The molecule has 0 spiro atoms. The van der Waals surface area contributed by atoms with Gasteiger partial charge in [-0.05, 0) is 31.4 Å². The van der Waals surface area contributed by atoms with Gasteiger partial charge >= 0.3 is 5.97 Å². The van der Waals surface area contributed by atoms with Gasteiger partial charge in [0.05, 0.1) is 17.9 Å². The number of cyclic esters (lactones) is 1. The van der Waals surface area contributed by atoms with E-state index >= 15 is 0 Å². The molecule has 1 atom stereocenters. The van der Waals surface area contributed by atoms with Crippen LogP contribution >= 0.6 is 0 Å². The molecule has 0 aliphatic carbocycles. The van der Waals surface area contributed by atoms with E-state index in [0.717, 1.165) is 11.3 Å². The van der Waals surface area contributed by atoms with E-state index in [1.165, 1.54) is 0 Å². The molecule has 1 aromatic carbocycles. The number of rotatable bonds is 2. The van der Waals surface area contributed by atoms with Crippen LogP contribution in [-0.2, 0) is 4.74 Å². The normalized spacial score (nSPS) is 20.2. The van der Waals surface area contributed by atoms with Crippen LogP contribution < -0.4 is 0 Å². The lowest BCUT2D eigenvalue weighted by Gasteiger charge is -2.40. The molecule has 1 aliphatic heterocycles. The van der Waals surface area contributed by atoms with Crippen molar-refractivity contribution in [2.75, 3.05) is 0 Å². The van der Waals surface area contributed by atoms with Gasteiger partial charge in [-0.1, -0.05) is 32.0 Å². The Labute approximate surface area is 124 Å². The van der Waals surface area contributed by atoms with Crippen molar-refractivity contribution in [1.82, 2.24) is 9.55 Å². The van der Waals surface area contributed by atoms with Gasteiger partial charge in [0, 0.05) is 11.9 Å². The van der Waals surface area contributed by atoms with Gasteiger partial charge in [0.25, 0.3) is 0 Å². The Bertz CT molecular complexity index is 686. The van der Waals surface area contributed by atoms with Crippen LogP contribution in [-0.4, -0.2) is 21.1 Å². The number of hydrogen-bond acceptors (Lipinski definition) is 3. The predicted octanol–water partition coefficient (Wildman–Crippen LogP) is 3.54. The van der Waals surface area contributed by atoms with Gasteiger partial charge in [-0.25, -0.2) is 9.78 Å². The maximum Gasteiger partial charge on any atom is 0.339 e. The first-order valence-electron chi connectivity index (χ1n) is 7.26. The SMILES string of the molecule is CC(C)c1cncn1[C@H]1c2ccccc2C(=O)OC1(C)C. The zero-order valence-electron chi connectivity index (χ0n) is 12.8. The van der Waals surface area contributed by atoms with Gasteiger partial charge in [-0.15, -0.1) is 0 Å². The largest absolute Gasteiger partial charge is 0.453 e. The smallest absolute Gasteiger partial charge is 0.339 e. The molecule has 0 bridgehead atoms. The van der Waals surface area contributed by atoms with Crippen molar-refractivity contribution >= 4 is 5.97 Å². The Morgan fingerprint density at radius 2 is 2.00 bits per heavy atom. The zero-order chi connectivity index (χ0) is 15.2. The quantitative estimate of drug-likeness (QED) is 0.792. The monoisotopic (exact) mass is 284 g/mol. The van der Waals surface area contributed by atoms with Crippen molar-refractivity contribution in [2.24, 2.45) is 0 Å². The Morgan fingerprint density at radius 1 is 1.29 bits per heavy atom. The van der Waals surface area contributed by atoms with Crippen molar-refractivity contribution < 1.29 is 9.53 Å². The minimum atomic E-state index is -0.615. The van der Waals surface area contributed by atoms with Crippen LogP contribution in [0, 0.1) is 0 Å².